The summed E-state index contributed by atoms with van der Waals surface area (Å²) in [6, 6.07) is 7.62. The van der Waals surface area contributed by atoms with Crippen molar-refractivity contribution < 1.29 is 4.79 Å². The Kier molecular flexibility index (Phi) is 2.93. The average molecular weight is 225 g/mol. The third-order valence-corrected chi connectivity index (χ3v) is 2.72. The summed E-state index contributed by atoms with van der Waals surface area (Å²) in [5.74, 6) is 0.0234. The van der Waals surface area contributed by atoms with E-state index in [9.17, 15) is 4.79 Å². The first kappa shape index (κ1) is 10.5. The van der Waals surface area contributed by atoms with Gasteiger partial charge in [0, 0.05) is 17.1 Å². The quantitative estimate of drug-likeness (QED) is 0.808. The van der Waals surface area contributed by atoms with Gasteiger partial charge in [-0.25, -0.2) is 0 Å². The van der Waals surface area contributed by atoms with Crippen molar-refractivity contribution in [3.05, 3.63) is 34.9 Å². The van der Waals surface area contributed by atoms with Gasteiger partial charge in [-0.2, -0.15) is 0 Å². The highest BCUT2D eigenvalue weighted by atomic mass is 35.5. The number of carbonyl (C=O) groups is 1. The molecule has 15 heavy (non-hydrogen) atoms. The fourth-order valence-electron chi connectivity index (χ4n) is 1.43. The van der Waals surface area contributed by atoms with Gasteiger partial charge in [-0.05, 0) is 24.1 Å². The first-order valence-electron chi connectivity index (χ1n) is 4.94. The van der Waals surface area contributed by atoms with Crippen molar-refractivity contribution in [2.45, 2.75) is 24.9 Å². The second kappa shape index (κ2) is 4.21. The fraction of sp³-hybridized carbons (Fsp3) is 0.364. The summed E-state index contributed by atoms with van der Waals surface area (Å²) < 4.78 is 0. The number of amides is 1. The van der Waals surface area contributed by atoms with Crippen LogP contribution < -0.4 is 11.1 Å². The zero-order valence-electron chi connectivity index (χ0n) is 8.24. The van der Waals surface area contributed by atoms with Crippen molar-refractivity contribution in [2.24, 2.45) is 5.73 Å². The molecule has 80 valence electrons. The molecule has 0 aliphatic heterocycles. The van der Waals surface area contributed by atoms with Crippen molar-refractivity contribution in [3.8, 4) is 0 Å². The van der Waals surface area contributed by atoms with Crippen LogP contribution in [0.3, 0.4) is 0 Å². The van der Waals surface area contributed by atoms with Crippen LogP contribution in [0.4, 0.5) is 0 Å². The van der Waals surface area contributed by atoms with E-state index in [1.807, 2.05) is 12.1 Å². The Balaban J connectivity index is 1.85. The van der Waals surface area contributed by atoms with Crippen molar-refractivity contribution in [1.29, 1.82) is 0 Å². The second-order valence-electron chi connectivity index (χ2n) is 3.88. The van der Waals surface area contributed by atoms with Gasteiger partial charge in [-0.1, -0.05) is 23.7 Å². The lowest BCUT2D eigenvalue weighted by molar-refractivity contribution is -0.120. The van der Waals surface area contributed by atoms with E-state index in [2.05, 4.69) is 5.32 Å². The largest absolute Gasteiger partial charge is 0.351 e. The Morgan fingerprint density at radius 2 is 2.07 bits per heavy atom. The predicted molar refractivity (Wildman–Crippen MR) is 59.7 cm³/mol. The molecule has 0 heterocycles. The molecule has 0 radical (unpaired) electrons. The van der Waals surface area contributed by atoms with E-state index in [0.29, 0.717) is 11.4 Å². The molecule has 1 saturated carbocycles. The van der Waals surface area contributed by atoms with Gasteiger partial charge >= 0.3 is 0 Å². The van der Waals surface area contributed by atoms with Crippen LogP contribution in [0.15, 0.2) is 24.3 Å². The maximum atomic E-state index is 11.5. The maximum absolute atomic E-state index is 11.5. The van der Waals surface area contributed by atoms with Gasteiger partial charge in [0.15, 0.2) is 0 Å². The number of hydrogen-bond acceptors (Lipinski definition) is 2. The number of halogens is 1. The van der Waals surface area contributed by atoms with E-state index in [-0.39, 0.29) is 18.0 Å². The highest BCUT2D eigenvalue weighted by Gasteiger charge is 2.34. The van der Waals surface area contributed by atoms with Crippen molar-refractivity contribution in [2.75, 3.05) is 0 Å². The minimum atomic E-state index is 0.0234. The van der Waals surface area contributed by atoms with E-state index < -0.39 is 0 Å². The van der Waals surface area contributed by atoms with Crippen molar-refractivity contribution >= 4 is 17.5 Å². The summed E-state index contributed by atoms with van der Waals surface area (Å²) in [6.45, 7) is 0. The number of nitrogens with one attached hydrogen (secondary N) is 1. The SMILES string of the molecule is NC1CC1NC(=O)Cc1ccc(Cl)cc1. The molecule has 4 heteroatoms. The van der Waals surface area contributed by atoms with E-state index >= 15 is 0 Å². The molecule has 2 rings (SSSR count). The minimum absolute atomic E-state index is 0.0234. The molecular weight excluding hydrogens is 212 g/mol. The van der Waals surface area contributed by atoms with Gasteiger partial charge in [0.2, 0.25) is 5.91 Å². The lowest BCUT2D eigenvalue weighted by Gasteiger charge is -2.03. The first-order chi connectivity index (χ1) is 7.15. The number of benzene rings is 1. The summed E-state index contributed by atoms with van der Waals surface area (Å²) >= 11 is 5.74. The molecule has 1 aromatic rings. The molecule has 3 nitrogen and oxygen atoms in total. The molecule has 2 unspecified atom stereocenters. The summed E-state index contributed by atoms with van der Waals surface area (Å²) in [5, 5.41) is 3.55. The van der Waals surface area contributed by atoms with Gasteiger partial charge in [-0.15, -0.1) is 0 Å². The summed E-state index contributed by atoms with van der Waals surface area (Å²) in [5.41, 5.74) is 6.56. The number of nitrogens with two attached hydrogens (primary N) is 1. The third kappa shape index (κ3) is 2.94. The first-order valence-corrected chi connectivity index (χ1v) is 5.32. The van der Waals surface area contributed by atoms with Crippen LogP contribution in [0, 0.1) is 0 Å². The summed E-state index contributed by atoms with van der Waals surface area (Å²) in [4.78, 5) is 11.5. The molecule has 1 amide bonds. The Labute approximate surface area is 93.6 Å². The molecule has 3 N–H and O–H groups in total. The van der Waals surface area contributed by atoms with Crippen LogP contribution in [-0.2, 0) is 11.2 Å². The lowest BCUT2D eigenvalue weighted by Crippen LogP contribution is -2.30. The Morgan fingerprint density at radius 1 is 1.47 bits per heavy atom. The summed E-state index contributed by atoms with van der Waals surface area (Å²) in [6.07, 6.45) is 1.28. The molecule has 0 spiro atoms. The van der Waals surface area contributed by atoms with E-state index in [4.69, 9.17) is 17.3 Å². The lowest BCUT2D eigenvalue weighted by atomic mass is 10.1. The predicted octanol–water partition coefficient (Wildman–Crippen LogP) is 1.10. The summed E-state index contributed by atoms with van der Waals surface area (Å²) in [7, 11) is 0. The topological polar surface area (TPSA) is 55.1 Å². The molecule has 0 aromatic heterocycles. The maximum Gasteiger partial charge on any atom is 0.224 e. The smallest absolute Gasteiger partial charge is 0.224 e. The molecule has 0 bridgehead atoms. The fourth-order valence-corrected chi connectivity index (χ4v) is 1.55. The van der Waals surface area contributed by atoms with Crippen molar-refractivity contribution in [1.82, 2.24) is 5.32 Å². The van der Waals surface area contributed by atoms with Crippen molar-refractivity contribution in [3.63, 3.8) is 0 Å². The standard InChI is InChI=1S/C11H13ClN2O/c12-8-3-1-7(2-4-8)5-11(15)14-10-6-9(10)13/h1-4,9-10H,5-6,13H2,(H,14,15). The average Bonchev–Trinajstić information content (AvgIpc) is 2.86. The van der Waals surface area contributed by atoms with Crippen LogP contribution in [0.25, 0.3) is 0 Å². The van der Waals surface area contributed by atoms with Gasteiger partial charge in [-0.3, -0.25) is 4.79 Å². The highest BCUT2D eigenvalue weighted by Crippen LogP contribution is 2.18. The molecule has 1 aliphatic carbocycles. The molecular formula is C11H13ClN2O. The van der Waals surface area contributed by atoms with Crippen LogP contribution in [-0.4, -0.2) is 18.0 Å². The van der Waals surface area contributed by atoms with Crippen LogP contribution >= 0.6 is 11.6 Å². The molecule has 1 aliphatic rings. The van der Waals surface area contributed by atoms with Gasteiger partial charge in [0.05, 0.1) is 6.42 Å². The normalized spacial score (nSPS) is 23.6. The van der Waals surface area contributed by atoms with E-state index in [1.54, 1.807) is 12.1 Å². The van der Waals surface area contributed by atoms with Gasteiger partial charge in [0.1, 0.15) is 0 Å². The highest BCUT2D eigenvalue weighted by molar-refractivity contribution is 6.30. The Hall–Kier alpha value is -1.06. The molecule has 1 fully saturated rings. The Morgan fingerprint density at radius 3 is 2.60 bits per heavy atom. The van der Waals surface area contributed by atoms with Crippen LogP contribution in [0.1, 0.15) is 12.0 Å². The van der Waals surface area contributed by atoms with E-state index in [1.165, 1.54) is 0 Å². The van der Waals surface area contributed by atoms with Crippen LogP contribution in [0.2, 0.25) is 5.02 Å². The zero-order valence-corrected chi connectivity index (χ0v) is 9.00. The molecule has 0 saturated heterocycles. The van der Waals surface area contributed by atoms with E-state index in [0.717, 1.165) is 12.0 Å². The van der Waals surface area contributed by atoms with Crippen LogP contribution in [0.5, 0.6) is 0 Å². The number of carbonyl (C=O) groups excluding carboxylic acids is 1. The minimum Gasteiger partial charge on any atom is -0.351 e. The Bertz CT molecular complexity index is 363. The zero-order chi connectivity index (χ0) is 10.8. The monoisotopic (exact) mass is 224 g/mol. The molecule has 1 aromatic carbocycles. The number of rotatable bonds is 3. The van der Waals surface area contributed by atoms with Gasteiger partial charge < -0.3 is 11.1 Å². The number of hydrogen-bond donors (Lipinski definition) is 2. The third-order valence-electron chi connectivity index (χ3n) is 2.46. The second-order valence-corrected chi connectivity index (χ2v) is 4.31. The van der Waals surface area contributed by atoms with Gasteiger partial charge in [0.25, 0.3) is 0 Å². The molecule has 2 atom stereocenters.